The first-order valence-corrected chi connectivity index (χ1v) is 6.46. The molecule has 1 heterocycles. The summed E-state index contributed by atoms with van der Waals surface area (Å²) in [7, 11) is 0. The molecule has 90 valence electrons. The Morgan fingerprint density at radius 1 is 1.29 bits per heavy atom. The van der Waals surface area contributed by atoms with Gasteiger partial charge in [0, 0.05) is 23.2 Å². The molecule has 0 spiro atoms. The first-order valence-electron chi connectivity index (χ1n) is 5.68. The average molecular weight is 249 g/mol. The Hall–Kier alpha value is -1.55. The van der Waals surface area contributed by atoms with E-state index in [0.717, 1.165) is 35.8 Å². The van der Waals surface area contributed by atoms with Crippen molar-refractivity contribution >= 4 is 11.5 Å². The SMILES string of the molecule is CCCCOc1cc(-c2ccc(O)cc2)ns1. The van der Waals surface area contributed by atoms with Crippen LogP contribution >= 0.6 is 11.5 Å². The molecule has 2 rings (SSSR count). The molecule has 0 saturated carbocycles. The topological polar surface area (TPSA) is 42.4 Å². The van der Waals surface area contributed by atoms with Crippen LogP contribution in [0.25, 0.3) is 11.3 Å². The molecule has 0 aliphatic rings. The van der Waals surface area contributed by atoms with Gasteiger partial charge in [0.1, 0.15) is 5.75 Å². The van der Waals surface area contributed by atoms with Crippen molar-refractivity contribution in [2.75, 3.05) is 6.61 Å². The molecule has 2 aromatic rings. The van der Waals surface area contributed by atoms with Crippen LogP contribution in [0.2, 0.25) is 0 Å². The van der Waals surface area contributed by atoms with E-state index in [2.05, 4.69) is 11.3 Å². The molecule has 17 heavy (non-hydrogen) atoms. The van der Waals surface area contributed by atoms with Gasteiger partial charge in [-0.2, -0.15) is 4.37 Å². The third-order valence-electron chi connectivity index (χ3n) is 2.39. The molecule has 0 atom stereocenters. The fraction of sp³-hybridized carbons (Fsp3) is 0.308. The summed E-state index contributed by atoms with van der Waals surface area (Å²) in [6.07, 6.45) is 2.19. The molecule has 4 heteroatoms. The zero-order chi connectivity index (χ0) is 12.1. The van der Waals surface area contributed by atoms with Crippen molar-refractivity contribution < 1.29 is 9.84 Å². The fourth-order valence-corrected chi connectivity index (χ4v) is 2.06. The van der Waals surface area contributed by atoms with Crippen molar-refractivity contribution in [2.45, 2.75) is 19.8 Å². The Labute approximate surface area is 105 Å². The Balaban J connectivity index is 2.04. The number of phenolic OH excluding ortho intramolecular Hbond substituents is 1. The lowest BCUT2D eigenvalue weighted by Crippen LogP contribution is -1.93. The maximum absolute atomic E-state index is 9.21. The highest BCUT2D eigenvalue weighted by Crippen LogP contribution is 2.28. The van der Waals surface area contributed by atoms with E-state index < -0.39 is 0 Å². The van der Waals surface area contributed by atoms with Crippen molar-refractivity contribution in [3.05, 3.63) is 30.3 Å². The number of aromatic hydroxyl groups is 1. The number of hydrogen-bond donors (Lipinski definition) is 1. The van der Waals surface area contributed by atoms with E-state index >= 15 is 0 Å². The summed E-state index contributed by atoms with van der Waals surface area (Å²) < 4.78 is 9.91. The summed E-state index contributed by atoms with van der Waals surface area (Å²) in [5.41, 5.74) is 1.88. The van der Waals surface area contributed by atoms with Gasteiger partial charge in [-0.25, -0.2) is 0 Å². The van der Waals surface area contributed by atoms with Gasteiger partial charge < -0.3 is 9.84 Å². The first kappa shape index (κ1) is 11.9. The molecule has 0 radical (unpaired) electrons. The molecule has 0 fully saturated rings. The lowest BCUT2D eigenvalue weighted by atomic mass is 10.1. The van der Waals surface area contributed by atoms with Crippen LogP contribution in [0.4, 0.5) is 0 Å². The summed E-state index contributed by atoms with van der Waals surface area (Å²) in [5.74, 6) is 0.267. The molecule has 0 amide bonds. The number of phenols is 1. The molecule has 1 aromatic carbocycles. The highest BCUT2D eigenvalue weighted by atomic mass is 32.1. The minimum Gasteiger partial charge on any atom is -0.508 e. The van der Waals surface area contributed by atoms with Gasteiger partial charge in [-0.05, 0) is 30.7 Å². The van der Waals surface area contributed by atoms with Crippen LogP contribution in [-0.4, -0.2) is 16.1 Å². The highest BCUT2D eigenvalue weighted by Gasteiger charge is 2.05. The molecular formula is C13H15NO2S. The monoisotopic (exact) mass is 249 g/mol. The summed E-state index contributed by atoms with van der Waals surface area (Å²) >= 11 is 1.36. The Morgan fingerprint density at radius 2 is 2.06 bits per heavy atom. The molecule has 0 saturated heterocycles. The summed E-state index contributed by atoms with van der Waals surface area (Å²) in [6.45, 7) is 2.88. The van der Waals surface area contributed by atoms with Gasteiger partial charge in [0.05, 0.1) is 12.3 Å². The zero-order valence-electron chi connectivity index (χ0n) is 9.72. The normalized spacial score (nSPS) is 10.4. The van der Waals surface area contributed by atoms with Crippen molar-refractivity contribution in [2.24, 2.45) is 0 Å². The molecular weight excluding hydrogens is 234 g/mol. The number of benzene rings is 1. The number of aromatic nitrogens is 1. The molecule has 3 nitrogen and oxygen atoms in total. The second-order valence-corrected chi connectivity index (χ2v) is 4.55. The second kappa shape index (κ2) is 5.68. The van der Waals surface area contributed by atoms with E-state index in [-0.39, 0.29) is 5.75 Å². The number of rotatable bonds is 5. The Bertz CT molecular complexity index is 465. The number of hydrogen-bond acceptors (Lipinski definition) is 4. The van der Waals surface area contributed by atoms with Crippen LogP contribution in [0.3, 0.4) is 0 Å². The van der Waals surface area contributed by atoms with Gasteiger partial charge in [0.2, 0.25) is 0 Å². The Kier molecular flexibility index (Phi) is 3.98. The van der Waals surface area contributed by atoms with Crippen molar-refractivity contribution in [3.8, 4) is 22.1 Å². The van der Waals surface area contributed by atoms with Crippen molar-refractivity contribution in [1.29, 1.82) is 0 Å². The average Bonchev–Trinajstić information content (AvgIpc) is 2.79. The smallest absolute Gasteiger partial charge is 0.193 e. The Morgan fingerprint density at radius 3 is 2.76 bits per heavy atom. The van der Waals surface area contributed by atoms with Crippen LogP contribution in [0.1, 0.15) is 19.8 Å². The number of nitrogens with zero attached hydrogens (tertiary/aromatic N) is 1. The highest BCUT2D eigenvalue weighted by molar-refractivity contribution is 7.08. The molecule has 0 bridgehead atoms. The minimum absolute atomic E-state index is 0.267. The maximum Gasteiger partial charge on any atom is 0.193 e. The largest absolute Gasteiger partial charge is 0.508 e. The fourth-order valence-electron chi connectivity index (χ4n) is 1.41. The van der Waals surface area contributed by atoms with E-state index in [1.54, 1.807) is 12.1 Å². The third-order valence-corrected chi connectivity index (χ3v) is 3.10. The first-order chi connectivity index (χ1) is 8.29. The lowest BCUT2D eigenvalue weighted by Gasteiger charge is -1.99. The van der Waals surface area contributed by atoms with Gasteiger partial charge >= 0.3 is 0 Å². The minimum atomic E-state index is 0.267. The van der Waals surface area contributed by atoms with Crippen molar-refractivity contribution in [1.82, 2.24) is 4.37 Å². The number of unbranched alkanes of at least 4 members (excludes halogenated alkanes) is 1. The van der Waals surface area contributed by atoms with Gasteiger partial charge in [0.15, 0.2) is 5.06 Å². The predicted octanol–water partition coefficient (Wildman–Crippen LogP) is 3.69. The van der Waals surface area contributed by atoms with Crippen LogP contribution < -0.4 is 4.74 Å². The van der Waals surface area contributed by atoms with Crippen molar-refractivity contribution in [3.63, 3.8) is 0 Å². The summed E-state index contributed by atoms with van der Waals surface area (Å²) in [4.78, 5) is 0. The number of ether oxygens (including phenoxy) is 1. The standard InChI is InChI=1S/C13H15NO2S/c1-2-3-8-16-13-9-12(14-17-13)10-4-6-11(15)7-5-10/h4-7,9,15H,2-3,8H2,1H3. The molecule has 1 N–H and O–H groups in total. The van der Waals surface area contributed by atoms with E-state index in [0.29, 0.717) is 0 Å². The van der Waals surface area contributed by atoms with Crippen LogP contribution in [0.5, 0.6) is 10.8 Å². The van der Waals surface area contributed by atoms with E-state index in [1.165, 1.54) is 11.5 Å². The molecule has 0 unspecified atom stereocenters. The van der Waals surface area contributed by atoms with E-state index in [1.807, 2.05) is 18.2 Å². The van der Waals surface area contributed by atoms with E-state index in [9.17, 15) is 5.11 Å². The molecule has 0 aliphatic carbocycles. The van der Waals surface area contributed by atoms with Crippen LogP contribution in [-0.2, 0) is 0 Å². The summed E-state index contributed by atoms with van der Waals surface area (Å²) in [6, 6.07) is 8.95. The van der Waals surface area contributed by atoms with Crippen LogP contribution in [0.15, 0.2) is 30.3 Å². The molecule has 0 aliphatic heterocycles. The zero-order valence-corrected chi connectivity index (χ0v) is 10.5. The predicted molar refractivity (Wildman–Crippen MR) is 69.6 cm³/mol. The van der Waals surface area contributed by atoms with Gasteiger partial charge in [0.25, 0.3) is 0 Å². The second-order valence-electron chi connectivity index (χ2n) is 3.78. The van der Waals surface area contributed by atoms with Gasteiger partial charge in [-0.1, -0.05) is 13.3 Å². The summed E-state index contributed by atoms with van der Waals surface area (Å²) in [5, 5.41) is 10.1. The quantitative estimate of drug-likeness (QED) is 0.822. The molecule has 1 aromatic heterocycles. The van der Waals surface area contributed by atoms with E-state index in [4.69, 9.17) is 4.74 Å². The lowest BCUT2D eigenvalue weighted by molar-refractivity contribution is 0.318. The maximum atomic E-state index is 9.21. The van der Waals surface area contributed by atoms with Crippen LogP contribution in [0, 0.1) is 0 Å². The van der Waals surface area contributed by atoms with Gasteiger partial charge in [-0.3, -0.25) is 0 Å². The third kappa shape index (κ3) is 3.20. The van der Waals surface area contributed by atoms with Gasteiger partial charge in [-0.15, -0.1) is 0 Å².